The van der Waals surface area contributed by atoms with Crippen molar-refractivity contribution in [3.63, 3.8) is 0 Å². The van der Waals surface area contributed by atoms with Gasteiger partial charge in [-0.3, -0.25) is 9.44 Å². The summed E-state index contributed by atoms with van der Waals surface area (Å²) >= 11 is 12.0. The molecule has 0 heterocycles. The highest BCUT2D eigenvalue weighted by Gasteiger charge is 2.25. The van der Waals surface area contributed by atoms with Crippen molar-refractivity contribution < 1.29 is 21.9 Å². The molecule has 0 fully saturated rings. The number of aromatic hydroxyl groups is 1. The second-order valence-electron chi connectivity index (χ2n) is 7.96. The quantitative estimate of drug-likeness (QED) is 0.269. The molecule has 4 aromatic carbocycles. The van der Waals surface area contributed by atoms with Crippen LogP contribution in [0.2, 0.25) is 10.0 Å². The standard InChI is InChI=1S/C24H20Cl2N2O5S2/c1-14-3-6-17(25)10-22(14)27-34(30,31)20-9-16-5-8-19(29)12-21(16)24(13-20)35(32,33)28-23-11-18(26)7-4-15(23)2/h3-13,27-29H,1-2H3. The van der Waals surface area contributed by atoms with Crippen molar-refractivity contribution in [2.75, 3.05) is 9.44 Å². The summed E-state index contributed by atoms with van der Waals surface area (Å²) in [6.45, 7) is 3.42. The number of halogens is 2. The molecule has 7 nitrogen and oxygen atoms in total. The predicted molar refractivity (Wildman–Crippen MR) is 140 cm³/mol. The lowest BCUT2D eigenvalue weighted by Gasteiger charge is -2.16. The molecule has 0 unspecified atom stereocenters. The fourth-order valence-electron chi connectivity index (χ4n) is 3.47. The first kappa shape index (κ1) is 25.1. The van der Waals surface area contributed by atoms with Gasteiger partial charge in [-0.15, -0.1) is 0 Å². The third-order valence-electron chi connectivity index (χ3n) is 5.36. The lowest BCUT2D eigenvalue weighted by Crippen LogP contribution is -2.17. The van der Waals surface area contributed by atoms with E-state index in [4.69, 9.17) is 23.2 Å². The summed E-state index contributed by atoms with van der Waals surface area (Å²) in [5.41, 5.74) is 1.76. The summed E-state index contributed by atoms with van der Waals surface area (Å²) in [4.78, 5) is -0.605. The first-order chi connectivity index (χ1) is 16.4. The summed E-state index contributed by atoms with van der Waals surface area (Å²) in [5, 5.41) is 11.1. The number of anilines is 2. The van der Waals surface area contributed by atoms with Crippen LogP contribution in [0.25, 0.3) is 10.8 Å². The molecule has 3 N–H and O–H groups in total. The van der Waals surface area contributed by atoms with Gasteiger partial charge in [0, 0.05) is 15.4 Å². The number of sulfonamides is 2. The number of phenols is 1. The molecule has 4 aromatic rings. The molecule has 0 aliphatic heterocycles. The Kier molecular flexibility index (Phi) is 6.63. The van der Waals surface area contributed by atoms with Gasteiger partial charge in [-0.25, -0.2) is 16.8 Å². The lowest BCUT2D eigenvalue weighted by molar-refractivity contribution is 0.476. The smallest absolute Gasteiger partial charge is 0.262 e. The van der Waals surface area contributed by atoms with Gasteiger partial charge in [0.1, 0.15) is 5.75 Å². The third-order valence-corrected chi connectivity index (χ3v) is 8.58. The van der Waals surface area contributed by atoms with E-state index >= 15 is 0 Å². The SMILES string of the molecule is Cc1ccc(Cl)cc1NS(=O)(=O)c1cc(S(=O)(=O)Nc2cc(Cl)ccc2C)c2cc(O)ccc2c1. The topological polar surface area (TPSA) is 113 Å². The zero-order valence-electron chi connectivity index (χ0n) is 18.5. The molecular weight excluding hydrogens is 531 g/mol. The number of nitrogens with one attached hydrogen (secondary N) is 2. The van der Waals surface area contributed by atoms with Crippen LogP contribution in [0.15, 0.2) is 76.5 Å². The van der Waals surface area contributed by atoms with Crippen LogP contribution in [-0.4, -0.2) is 21.9 Å². The zero-order valence-corrected chi connectivity index (χ0v) is 21.6. The van der Waals surface area contributed by atoms with Crippen LogP contribution in [-0.2, 0) is 20.0 Å². The fourth-order valence-corrected chi connectivity index (χ4v) is 6.44. The molecule has 0 spiro atoms. The highest BCUT2D eigenvalue weighted by molar-refractivity contribution is 7.93. The van der Waals surface area contributed by atoms with Crippen molar-refractivity contribution in [1.29, 1.82) is 0 Å². The van der Waals surface area contributed by atoms with Gasteiger partial charge in [0.25, 0.3) is 20.0 Å². The predicted octanol–water partition coefficient (Wildman–Crippen LogP) is 6.07. The van der Waals surface area contributed by atoms with Gasteiger partial charge in [-0.1, -0.05) is 41.4 Å². The van der Waals surface area contributed by atoms with Crippen molar-refractivity contribution in [1.82, 2.24) is 0 Å². The maximum absolute atomic E-state index is 13.5. The molecule has 0 aromatic heterocycles. The van der Waals surface area contributed by atoms with Crippen LogP contribution in [0.3, 0.4) is 0 Å². The number of hydrogen-bond donors (Lipinski definition) is 3. The van der Waals surface area contributed by atoms with Crippen molar-refractivity contribution in [3.8, 4) is 5.75 Å². The summed E-state index contributed by atoms with van der Waals surface area (Å²) in [5.74, 6) is -0.170. The number of phenolic OH excluding ortho intramolecular Hbond substituents is 1. The van der Waals surface area contributed by atoms with Gasteiger partial charge in [0.05, 0.1) is 21.2 Å². The maximum Gasteiger partial charge on any atom is 0.262 e. The third kappa shape index (κ3) is 5.33. The molecule has 0 aliphatic rings. The van der Waals surface area contributed by atoms with E-state index in [1.807, 2.05) is 0 Å². The molecule has 0 radical (unpaired) electrons. The van der Waals surface area contributed by atoms with Gasteiger partial charge in [0.2, 0.25) is 0 Å². The Bertz CT molecular complexity index is 1690. The van der Waals surface area contributed by atoms with Crippen molar-refractivity contribution in [2.45, 2.75) is 23.6 Å². The molecule has 0 saturated heterocycles. The molecule has 0 aliphatic carbocycles. The highest BCUT2D eigenvalue weighted by Crippen LogP contribution is 2.33. The minimum absolute atomic E-state index is 0.148. The Hall–Kier alpha value is -2.98. The Labute approximate surface area is 213 Å². The molecule has 11 heteroatoms. The van der Waals surface area contributed by atoms with E-state index in [1.54, 1.807) is 38.1 Å². The first-order valence-electron chi connectivity index (χ1n) is 10.2. The van der Waals surface area contributed by atoms with Gasteiger partial charge in [-0.05, 0) is 78.9 Å². The molecule has 0 amide bonds. The number of fused-ring (bicyclic) bond motifs is 1. The molecule has 0 saturated carbocycles. The Morgan fingerprint density at radius 1 is 0.686 bits per heavy atom. The fraction of sp³-hybridized carbons (Fsp3) is 0.0833. The van der Waals surface area contributed by atoms with E-state index < -0.39 is 20.0 Å². The van der Waals surface area contributed by atoms with Gasteiger partial charge in [-0.2, -0.15) is 0 Å². The number of hydrogen-bond acceptors (Lipinski definition) is 5. The highest BCUT2D eigenvalue weighted by atomic mass is 35.5. The zero-order chi connectivity index (χ0) is 25.5. The molecule has 4 rings (SSSR count). The maximum atomic E-state index is 13.5. The molecule has 182 valence electrons. The Morgan fingerprint density at radius 2 is 1.23 bits per heavy atom. The molecule has 0 atom stereocenters. The largest absolute Gasteiger partial charge is 0.508 e. The minimum atomic E-state index is -4.30. The van der Waals surface area contributed by atoms with Crippen molar-refractivity contribution >= 4 is 65.4 Å². The number of benzene rings is 4. The van der Waals surface area contributed by atoms with Crippen LogP contribution in [0.5, 0.6) is 5.75 Å². The molecule has 35 heavy (non-hydrogen) atoms. The van der Waals surface area contributed by atoms with Gasteiger partial charge >= 0.3 is 0 Å². The van der Waals surface area contributed by atoms with E-state index in [0.29, 0.717) is 26.6 Å². The summed E-state index contributed by atoms with van der Waals surface area (Å²) < 4.78 is 58.4. The van der Waals surface area contributed by atoms with Crippen LogP contribution >= 0.6 is 23.2 Å². The summed E-state index contributed by atoms with van der Waals surface area (Å²) in [6, 6.07) is 15.9. The monoisotopic (exact) mass is 550 g/mol. The normalized spacial score (nSPS) is 12.0. The van der Waals surface area contributed by atoms with Gasteiger partial charge in [0.15, 0.2) is 0 Å². The van der Waals surface area contributed by atoms with Crippen LogP contribution in [0, 0.1) is 13.8 Å². The average molecular weight is 551 g/mol. The number of aryl methyl sites for hydroxylation is 2. The number of rotatable bonds is 6. The van der Waals surface area contributed by atoms with Crippen LogP contribution < -0.4 is 9.44 Å². The van der Waals surface area contributed by atoms with E-state index in [9.17, 15) is 21.9 Å². The van der Waals surface area contributed by atoms with Crippen molar-refractivity contribution in [2.24, 2.45) is 0 Å². The average Bonchev–Trinajstić information content (AvgIpc) is 2.77. The Balaban J connectivity index is 1.88. The Morgan fingerprint density at radius 3 is 1.80 bits per heavy atom. The van der Waals surface area contributed by atoms with E-state index in [-0.39, 0.29) is 32.3 Å². The molecular formula is C24H20Cl2N2O5S2. The van der Waals surface area contributed by atoms with Gasteiger partial charge < -0.3 is 5.11 Å². The van der Waals surface area contributed by atoms with Crippen LogP contribution in [0.1, 0.15) is 11.1 Å². The minimum Gasteiger partial charge on any atom is -0.508 e. The summed E-state index contributed by atoms with van der Waals surface area (Å²) in [7, 11) is -8.51. The second-order valence-corrected chi connectivity index (χ2v) is 12.2. The van der Waals surface area contributed by atoms with Crippen LogP contribution in [0.4, 0.5) is 11.4 Å². The molecule has 0 bridgehead atoms. The lowest BCUT2D eigenvalue weighted by atomic mass is 10.1. The second kappa shape index (κ2) is 9.23. The van der Waals surface area contributed by atoms with E-state index in [2.05, 4.69) is 9.44 Å². The van der Waals surface area contributed by atoms with E-state index in [1.165, 1.54) is 36.4 Å². The first-order valence-corrected chi connectivity index (χ1v) is 13.9. The van der Waals surface area contributed by atoms with Crippen molar-refractivity contribution in [3.05, 3.63) is 87.9 Å². The summed E-state index contributed by atoms with van der Waals surface area (Å²) in [6.07, 6.45) is 0. The van der Waals surface area contributed by atoms with E-state index in [0.717, 1.165) is 6.07 Å².